The van der Waals surface area contributed by atoms with Crippen LogP contribution in [-0.4, -0.2) is 38.3 Å². The maximum atomic E-state index is 13.1. The van der Waals surface area contributed by atoms with Crippen molar-refractivity contribution in [3.8, 4) is 5.75 Å². The van der Waals surface area contributed by atoms with E-state index in [1.54, 1.807) is 19.2 Å². The Morgan fingerprint density at radius 2 is 1.97 bits per heavy atom. The third-order valence-corrected chi connectivity index (χ3v) is 7.26. The van der Waals surface area contributed by atoms with Gasteiger partial charge >= 0.3 is 0 Å². The second-order valence-corrected chi connectivity index (χ2v) is 9.38. The molecule has 0 spiro atoms. The van der Waals surface area contributed by atoms with Gasteiger partial charge in [0.1, 0.15) is 5.75 Å². The van der Waals surface area contributed by atoms with E-state index in [0.29, 0.717) is 24.5 Å². The minimum atomic E-state index is -3.67. The van der Waals surface area contributed by atoms with Gasteiger partial charge in [-0.25, -0.2) is 8.42 Å². The van der Waals surface area contributed by atoms with Crippen LogP contribution < -0.4 is 10.1 Å². The smallest absolute Gasteiger partial charge is 0.243 e. The van der Waals surface area contributed by atoms with Gasteiger partial charge in [-0.3, -0.25) is 4.79 Å². The SMILES string of the molecule is COc1cccc(CNC(=O)CC2CCCCN2S(=O)(=O)c2ccc(Cl)cc2)c1. The molecule has 8 heteroatoms. The number of ether oxygens (including phenoxy) is 1. The van der Waals surface area contributed by atoms with Crippen molar-refractivity contribution in [1.29, 1.82) is 0 Å². The highest BCUT2D eigenvalue weighted by molar-refractivity contribution is 7.89. The average Bonchev–Trinajstić information content (AvgIpc) is 2.73. The van der Waals surface area contributed by atoms with Gasteiger partial charge < -0.3 is 10.1 Å². The number of carbonyl (C=O) groups excluding carboxylic acids is 1. The molecule has 0 saturated carbocycles. The molecular formula is C21H25ClN2O4S. The highest BCUT2D eigenvalue weighted by atomic mass is 35.5. The lowest BCUT2D eigenvalue weighted by Gasteiger charge is -2.34. The number of nitrogens with zero attached hydrogens (tertiary/aromatic N) is 1. The van der Waals surface area contributed by atoms with Crippen molar-refractivity contribution in [3.05, 3.63) is 59.1 Å². The van der Waals surface area contributed by atoms with Crippen LogP contribution >= 0.6 is 11.6 Å². The number of amides is 1. The summed E-state index contributed by atoms with van der Waals surface area (Å²) in [6.07, 6.45) is 2.49. The molecule has 1 unspecified atom stereocenters. The summed E-state index contributed by atoms with van der Waals surface area (Å²) in [6.45, 7) is 0.783. The molecule has 0 aromatic heterocycles. The van der Waals surface area contributed by atoms with E-state index in [4.69, 9.17) is 16.3 Å². The van der Waals surface area contributed by atoms with Gasteiger partial charge in [0, 0.05) is 30.6 Å². The van der Waals surface area contributed by atoms with Crippen LogP contribution in [0.1, 0.15) is 31.2 Å². The molecule has 1 saturated heterocycles. The lowest BCUT2D eigenvalue weighted by atomic mass is 10.0. The number of hydrogen-bond acceptors (Lipinski definition) is 4. The molecule has 3 rings (SSSR count). The molecule has 1 aliphatic heterocycles. The van der Waals surface area contributed by atoms with Crippen LogP contribution in [0.2, 0.25) is 5.02 Å². The Morgan fingerprint density at radius 3 is 2.69 bits per heavy atom. The first kappa shape index (κ1) is 21.6. The molecule has 2 aromatic carbocycles. The van der Waals surface area contributed by atoms with Crippen LogP contribution in [0.4, 0.5) is 0 Å². The highest BCUT2D eigenvalue weighted by Gasteiger charge is 2.34. The Labute approximate surface area is 176 Å². The zero-order valence-electron chi connectivity index (χ0n) is 16.3. The fraction of sp³-hybridized carbons (Fsp3) is 0.381. The normalized spacial score (nSPS) is 17.7. The largest absolute Gasteiger partial charge is 0.497 e. The summed E-state index contributed by atoms with van der Waals surface area (Å²) in [5, 5.41) is 3.37. The Balaban J connectivity index is 1.66. The first-order valence-corrected chi connectivity index (χ1v) is 11.4. The lowest BCUT2D eigenvalue weighted by molar-refractivity contribution is -0.122. The highest BCUT2D eigenvalue weighted by Crippen LogP contribution is 2.27. The maximum Gasteiger partial charge on any atom is 0.243 e. The van der Waals surface area contributed by atoms with Gasteiger partial charge in [-0.15, -0.1) is 0 Å². The van der Waals surface area contributed by atoms with Crippen molar-refractivity contribution < 1.29 is 17.9 Å². The number of carbonyl (C=O) groups is 1. The second-order valence-electron chi connectivity index (χ2n) is 7.05. The standard InChI is InChI=1S/C21H25ClN2O4S/c1-28-19-7-4-5-16(13-19)15-23-21(25)14-18-6-2-3-12-24(18)29(26,27)20-10-8-17(22)9-11-20/h4-5,7-11,13,18H,2-3,6,12,14-15H2,1H3,(H,23,25). The molecule has 6 nitrogen and oxygen atoms in total. The van der Waals surface area contributed by atoms with Crippen LogP contribution in [0, 0.1) is 0 Å². The molecular weight excluding hydrogens is 412 g/mol. The van der Waals surface area contributed by atoms with E-state index >= 15 is 0 Å². The quantitative estimate of drug-likeness (QED) is 0.719. The topological polar surface area (TPSA) is 75.7 Å². The van der Waals surface area contributed by atoms with Crippen LogP contribution in [0.25, 0.3) is 0 Å². The van der Waals surface area contributed by atoms with E-state index in [1.165, 1.54) is 16.4 Å². The lowest BCUT2D eigenvalue weighted by Crippen LogP contribution is -2.45. The number of rotatable bonds is 7. The summed E-state index contributed by atoms with van der Waals surface area (Å²) in [4.78, 5) is 12.7. The number of nitrogens with one attached hydrogen (secondary N) is 1. The first-order chi connectivity index (χ1) is 13.9. The predicted octanol–water partition coefficient (Wildman–Crippen LogP) is 3.60. The maximum absolute atomic E-state index is 13.1. The molecule has 1 N–H and O–H groups in total. The Morgan fingerprint density at radius 1 is 1.21 bits per heavy atom. The van der Waals surface area contributed by atoms with Crippen molar-refractivity contribution in [2.24, 2.45) is 0 Å². The fourth-order valence-corrected chi connectivity index (χ4v) is 5.32. The van der Waals surface area contributed by atoms with Crippen molar-refractivity contribution in [2.45, 2.75) is 43.2 Å². The number of piperidine rings is 1. The minimum absolute atomic E-state index is 0.136. The van der Waals surface area contributed by atoms with Gasteiger partial charge in [0.05, 0.1) is 12.0 Å². The van der Waals surface area contributed by atoms with Gasteiger partial charge in [0.15, 0.2) is 0 Å². The summed E-state index contributed by atoms with van der Waals surface area (Å²) in [6, 6.07) is 13.3. The summed E-state index contributed by atoms with van der Waals surface area (Å²) >= 11 is 5.88. The monoisotopic (exact) mass is 436 g/mol. The van der Waals surface area contributed by atoms with Crippen molar-refractivity contribution in [1.82, 2.24) is 9.62 Å². The predicted molar refractivity (Wildman–Crippen MR) is 112 cm³/mol. The molecule has 1 amide bonds. The molecule has 2 aromatic rings. The van der Waals surface area contributed by atoms with Crippen LogP contribution in [0.15, 0.2) is 53.4 Å². The molecule has 1 heterocycles. The summed E-state index contributed by atoms with van der Waals surface area (Å²) < 4.78 is 32.8. The van der Waals surface area contributed by atoms with E-state index in [1.807, 2.05) is 24.3 Å². The molecule has 0 bridgehead atoms. The molecule has 156 valence electrons. The molecule has 1 aliphatic rings. The van der Waals surface area contributed by atoms with Gasteiger partial charge in [-0.05, 0) is 54.8 Å². The van der Waals surface area contributed by atoms with Crippen molar-refractivity contribution in [3.63, 3.8) is 0 Å². The Kier molecular flexibility index (Phi) is 7.16. The zero-order valence-corrected chi connectivity index (χ0v) is 17.9. The molecule has 1 fully saturated rings. The average molecular weight is 437 g/mol. The van der Waals surface area contributed by atoms with Gasteiger partial charge in [0.2, 0.25) is 15.9 Å². The summed E-state index contributed by atoms with van der Waals surface area (Å²) in [7, 11) is -2.08. The minimum Gasteiger partial charge on any atom is -0.497 e. The Hall–Kier alpha value is -2.09. The number of methoxy groups -OCH3 is 1. The molecule has 1 atom stereocenters. The van der Waals surface area contributed by atoms with Crippen LogP contribution in [0.3, 0.4) is 0 Å². The summed E-state index contributed by atoms with van der Waals surface area (Å²) in [5.74, 6) is 0.556. The third kappa shape index (κ3) is 5.50. The first-order valence-electron chi connectivity index (χ1n) is 9.57. The van der Waals surface area contributed by atoms with E-state index in [9.17, 15) is 13.2 Å². The van der Waals surface area contributed by atoms with Crippen LogP contribution in [-0.2, 0) is 21.4 Å². The molecule has 0 radical (unpaired) electrons. The van der Waals surface area contributed by atoms with Gasteiger partial charge in [0.25, 0.3) is 0 Å². The van der Waals surface area contributed by atoms with Crippen LogP contribution in [0.5, 0.6) is 5.75 Å². The van der Waals surface area contributed by atoms with Gasteiger partial charge in [-0.2, -0.15) is 4.31 Å². The zero-order chi connectivity index (χ0) is 20.9. The third-order valence-electron chi connectivity index (χ3n) is 5.04. The van der Waals surface area contributed by atoms with E-state index < -0.39 is 10.0 Å². The number of halogens is 1. The van der Waals surface area contributed by atoms with E-state index in [2.05, 4.69) is 5.32 Å². The molecule has 0 aliphatic carbocycles. The number of benzene rings is 2. The number of hydrogen-bond donors (Lipinski definition) is 1. The second kappa shape index (κ2) is 9.61. The van der Waals surface area contributed by atoms with E-state index in [-0.39, 0.29) is 23.3 Å². The summed E-state index contributed by atoms with van der Waals surface area (Å²) in [5.41, 5.74) is 0.923. The number of sulfonamides is 1. The van der Waals surface area contributed by atoms with Crippen molar-refractivity contribution >= 4 is 27.5 Å². The Bertz CT molecular complexity index is 947. The van der Waals surface area contributed by atoms with Gasteiger partial charge in [-0.1, -0.05) is 30.2 Å². The van der Waals surface area contributed by atoms with Crippen molar-refractivity contribution in [2.75, 3.05) is 13.7 Å². The fourth-order valence-electron chi connectivity index (χ4n) is 3.51. The molecule has 29 heavy (non-hydrogen) atoms. The van der Waals surface area contributed by atoms with E-state index in [0.717, 1.165) is 24.2 Å².